The summed E-state index contributed by atoms with van der Waals surface area (Å²) in [6.45, 7) is 8.38. The minimum absolute atomic E-state index is 0.380. The van der Waals surface area contributed by atoms with Crippen LogP contribution in [0.15, 0.2) is 78.9 Å². The Hall–Kier alpha value is -3.41. The molecule has 5 heteroatoms. The molecule has 166 valence electrons. The first-order chi connectivity index (χ1) is 16.3. The Balaban J connectivity index is 1.62. The maximum atomic E-state index is 6.38. The molecule has 0 atom stereocenters. The summed E-state index contributed by atoms with van der Waals surface area (Å²) < 4.78 is 15.1. The molecular formula is C29H25BN2O2. The zero-order chi connectivity index (χ0) is 23.2. The third-order valence-electron chi connectivity index (χ3n) is 7.79. The number of pyridine rings is 1. The lowest BCUT2D eigenvalue weighted by molar-refractivity contribution is 0.00578. The zero-order valence-corrected chi connectivity index (χ0v) is 19.8. The summed E-state index contributed by atoms with van der Waals surface area (Å²) in [4.78, 5) is 5.10. The van der Waals surface area contributed by atoms with Crippen LogP contribution in [-0.4, -0.2) is 27.7 Å². The number of imidazole rings is 1. The molecule has 4 nitrogen and oxygen atoms in total. The quantitative estimate of drug-likeness (QED) is 0.222. The van der Waals surface area contributed by atoms with Gasteiger partial charge < -0.3 is 9.31 Å². The molecule has 1 aliphatic rings. The second kappa shape index (κ2) is 6.59. The van der Waals surface area contributed by atoms with Crippen LogP contribution in [0.3, 0.4) is 0 Å². The molecule has 0 N–H and O–H groups in total. The van der Waals surface area contributed by atoms with Crippen molar-refractivity contribution in [3.63, 3.8) is 0 Å². The van der Waals surface area contributed by atoms with Crippen LogP contribution in [0.2, 0.25) is 0 Å². The van der Waals surface area contributed by atoms with Gasteiger partial charge in [-0.25, -0.2) is 4.98 Å². The van der Waals surface area contributed by atoms with Crippen molar-refractivity contribution in [2.24, 2.45) is 0 Å². The third-order valence-corrected chi connectivity index (χ3v) is 7.79. The summed E-state index contributed by atoms with van der Waals surface area (Å²) in [5, 5.41) is 5.96. The van der Waals surface area contributed by atoms with Crippen LogP contribution in [0.1, 0.15) is 27.7 Å². The number of fused-ring (bicyclic) bond motifs is 10. The van der Waals surface area contributed by atoms with Crippen LogP contribution in [0.25, 0.3) is 49.1 Å². The second-order valence-corrected chi connectivity index (χ2v) is 10.3. The maximum Gasteiger partial charge on any atom is 0.494 e. The van der Waals surface area contributed by atoms with Crippen LogP contribution in [-0.2, 0) is 9.31 Å². The van der Waals surface area contributed by atoms with Crippen LogP contribution >= 0.6 is 0 Å². The number of aromatic nitrogens is 2. The Labute approximate surface area is 198 Å². The van der Waals surface area contributed by atoms with Crippen LogP contribution in [0, 0.1) is 0 Å². The number of benzene rings is 4. The van der Waals surface area contributed by atoms with Crippen LogP contribution in [0.5, 0.6) is 0 Å². The molecule has 0 unspecified atom stereocenters. The summed E-state index contributed by atoms with van der Waals surface area (Å²) >= 11 is 0. The second-order valence-electron chi connectivity index (χ2n) is 10.3. The van der Waals surface area contributed by atoms with Gasteiger partial charge in [-0.1, -0.05) is 60.7 Å². The fourth-order valence-corrected chi connectivity index (χ4v) is 5.26. The lowest BCUT2D eigenvalue weighted by Crippen LogP contribution is -2.41. The monoisotopic (exact) mass is 444 g/mol. The maximum absolute atomic E-state index is 6.38. The average Bonchev–Trinajstić information content (AvgIpc) is 3.32. The predicted octanol–water partition coefficient (Wildman–Crippen LogP) is 6.25. The summed E-state index contributed by atoms with van der Waals surface area (Å²) in [5.74, 6) is 0. The Kier molecular flexibility index (Phi) is 3.88. The molecule has 3 heterocycles. The highest BCUT2D eigenvalue weighted by Gasteiger charge is 2.51. The normalized spacial score (nSPS) is 17.6. The first-order valence-electron chi connectivity index (χ1n) is 11.8. The van der Waals surface area contributed by atoms with Gasteiger partial charge in [-0.05, 0) is 67.5 Å². The van der Waals surface area contributed by atoms with Crippen molar-refractivity contribution in [1.82, 2.24) is 9.38 Å². The van der Waals surface area contributed by atoms with E-state index in [9.17, 15) is 0 Å². The van der Waals surface area contributed by atoms with Gasteiger partial charge in [-0.3, -0.25) is 4.40 Å². The first kappa shape index (κ1) is 20.0. The van der Waals surface area contributed by atoms with Gasteiger partial charge in [0.25, 0.3) is 0 Å². The molecule has 4 aromatic carbocycles. The molecule has 0 aliphatic carbocycles. The van der Waals surface area contributed by atoms with Gasteiger partial charge in [0.15, 0.2) is 0 Å². The highest BCUT2D eigenvalue weighted by Crippen LogP contribution is 2.38. The molecule has 6 aromatic rings. The molecule has 7 rings (SSSR count). The van der Waals surface area contributed by atoms with Crippen LogP contribution in [0.4, 0.5) is 0 Å². The Morgan fingerprint density at radius 2 is 1.44 bits per heavy atom. The van der Waals surface area contributed by atoms with E-state index in [1.807, 2.05) is 6.07 Å². The minimum Gasteiger partial charge on any atom is -0.399 e. The van der Waals surface area contributed by atoms with Crippen molar-refractivity contribution in [3.05, 3.63) is 78.9 Å². The number of hydrogen-bond acceptors (Lipinski definition) is 3. The lowest BCUT2D eigenvalue weighted by atomic mass is 9.78. The molecule has 0 radical (unpaired) electrons. The van der Waals surface area contributed by atoms with E-state index in [4.69, 9.17) is 14.3 Å². The van der Waals surface area contributed by atoms with Crippen molar-refractivity contribution in [1.29, 1.82) is 0 Å². The zero-order valence-electron chi connectivity index (χ0n) is 19.8. The van der Waals surface area contributed by atoms with Gasteiger partial charge in [0.1, 0.15) is 5.65 Å². The molecular weight excluding hydrogens is 419 g/mol. The summed E-state index contributed by atoms with van der Waals surface area (Å²) in [7, 11) is -0.403. The van der Waals surface area contributed by atoms with E-state index in [0.29, 0.717) is 0 Å². The molecule has 0 spiro atoms. The Morgan fingerprint density at radius 1 is 0.706 bits per heavy atom. The standard InChI is InChI=1S/C29H25BN2O2/c1-28(2)29(3,4)34-30(33-28)19-14-16-24-22(17-19)21-15-13-18-9-5-6-10-20(18)26(21)27-31-23-11-7-8-12-25(23)32(24)27/h5-17H,1-4H3. The van der Waals surface area contributed by atoms with E-state index in [2.05, 4.69) is 105 Å². The van der Waals surface area contributed by atoms with Gasteiger partial charge in [0.05, 0.1) is 27.8 Å². The van der Waals surface area contributed by atoms with Crippen LogP contribution < -0.4 is 5.46 Å². The van der Waals surface area contributed by atoms with E-state index < -0.39 is 7.12 Å². The number of para-hydroxylation sites is 2. The third kappa shape index (κ3) is 2.60. The average molecular weight is 444 g/mol. The van der Waals surface area contributed by atoms with Crippen molar-refractivity contribution in [2.45, 2.75) is 38.9 Å². The van der Waals surface area contributed by atoms with Gasteiger partial charge in [0, 0.05) is 10.8 Å². The van der Waals surface area contributed by atoms with Crippen molar-refractivity contribution in [2.75, 3.05) is 0 Å². The number of rotatable bonds is 1. The Bertz CT molecular complexity index is 1770. The van der Waals surface area contributed by atoms with Crippen molar-refractivity contribution < 1.29 is 9.31 Å². The van der Waals surface area contributed by atoms with Gasteiger partial charge >= 0.3 is 7.12 Å². The van der Waals surface area contributed by atoms with Gasteiger partial charge in [-0.15, -0.1) is 0 Å². The molecule has 0 saturated carbocycles. The molecule has 1 aliphatic heterocycles. The largest absolute Gasteiger partial charge is 0.494 e. The number of hydrogen-bond donors (Lipinski definition) is 0. The van der Waals surface area contributed by atoms with E-state index in [1.165, 1.54) is 26.9 Å². The van der Waals surface area contributed by atoms with E-state index in [1.54, 1.807) is 0 Å². The van der Waals surface area contributed by atoms with E-state index in [0.717, 1.165) is 27.7 Å². The topological polar surface area (TPSA) is 35.8 Å². The van der Waals surface area contributed by atoms with Crippen molar-refractivity contribution >= 4 is 61.7 Å². The van der Waals surface area contributed by atoms with Gasteiger partial charge in [-0.2, -0.15) is 0 Å². The highest BCUT2D eigenvalue weighted by atomic mass is 16.7. The summed E-state index contributed by atoms with van der Waals surface area (Å²) in [6, 6.07) is 27.9. The van der Waals surface area contributed by atoms with Crippen molar-refractivity contribution in [3.8, 4) is 0 Å². The summed E-state index contributed by atoms with van der Waals surface area (Å²) in [5.41, 5.74) is 4.50. The highest BCUT2D eigenvalue weighted by molar-refractivity contribution is 6.62. The van der Waals surface area contributed by atoms with Gasteiger partial charge in [0.2, 0.25) is 0 Å². The summed E-state index contributed by atoms with van der Waals surface area (Å²) in [6.07, 6.45) is 0. The molecule has 1 saturated heterocycles. The van der Waals surface area contributed by atoms with E-state index in [-0.39, 0.29) is 11.2 Å². The molecule has 2 aromatic heterocycles. The fourth-order valence-electron chi connectivity index (χ4n) is 5.26. The number of nitrogens with zero attached hydrogens (tertiary/aromatic N) is 2. The molecule has 0 bridgehead atoms. The molecule has 0 amide bonds. The predicted molar refractivity (Wildman–Crippen MR) is 141 cm³/mol. The van der Waals surface area contributed by atoms with E-state index >= 15 is 0 Å². The molecule has 1 fully saturated rings. The first-order valence-corrected chi connectivity index (χ1v) is 11.8. The minimum atomic E-state index is -0.403. The smallest absolute Gasteiger partial charge is 0.399 e. The SMILES string of the molecule is CC1(C)OB(c2ccc3c(c2)c2ccc4ccccc4c2c2nc4ccccc4n32)OC1(C)C. The molecule has 34 heavy (non-hydrogen) atoms. The Morgan fingerprint density at radius 3 is 2.26 bits per heavy atom. The fraction of sp³-hybridized carbons (Fsp3) is 0.207. The lowest BCUT2D eigenvalue weighted by Gasteiger charge is -2.32.